The Kier molecular flexibility index (Phi) is 3.36. The van der Waals surface area contributed by atoms with Crippen LogP contribution in [0.5, 0.6) is 0 Å². The van der Waals surface area contributed by atoms with E-state index in [2.05, 4.69) is 68.6 Å². The first-order valence-corrected chi connectivity index (χ1v) is 7.47. The van der Waals surface area contributed by atoms with Crippen LogP contribution in [0.1, 0.15) is 31.9 Å². The van der Waals surface area contributed by atoms with Crippen molar-refractivity contribution in [3.05, 3.63) is 35.4 Å². The Morgan fingerprint density at radius 1 is 1.00 bits per heavy atom. The SMILES string of the molecule is CC(C)(C)C1SCc2ccccc2CS1. The van der Waals surface area contributed by atoms with E-state index >= 15 is 0 Å². The van der Waals surface area contributed by atoms with E-state index < -0.39 is 0 Å². The average Bonchev–Trinajstić information content (AvgIpc) is 2.38. The minimum atomic E-state index is 0.400. The number of benzene rings is 1. The van der Waals surface area contributed by atoms with Gasteiger partial charge in [-0.1, -0.05) is 45.0 Å². The van der Waals surface area contributed by atoms with Crippen molar-refractivity contribution in [3.63, 3.8) is 0 Å². The van der Waals surface area contributed by atoms with Gasteiger partial charge in [0.15, 0.2) is 0 Å². The van der Waals surface area contributed by atoms with E-state index in [1.165, 1.54) is 22.6 Å². The summed E-state index contributed by atoms with van der Waals surface area (Å²) < 4.78 is 0.713. The van der Waals surface area contributed by atoms with E-state index in [1.54, 1.807) is 0 Å². The Labute approximate surface area is 101 Å². The molecule has 0 N–H and O–H groups in total. The van der Waals surface area contributed by atoms with Gasteiger partial charge in [0.25, 0.3) is 0 Å². The second-order valence-corrected chi connectivity index (χ2v) is 7.57. The number of rotatable bonds is 0. The Balaban J connectivity index is 2.15. The van der Waals surface area contributed by atoms with Crippen molar-refractivity contribution >= 4 is 23.5 Å². The summed E-state index contributed by atoms with van der Waals surface area (Å²) in [5, 5.41) is 0. The van der Waals surface area contributed by atoms with Crippen molar-refractivity contribution in [1.82, 2.24) is 0 Å². The van der Waals surface area contributed by atoms with Gasteiger partial charge in [0.1, 0.15) is 0 Å². The quantitative estimate of drug-likeness (QED) is 0.651. The normalized spacial score (nSPS) is 18.3. The molecule has 2 heteroatoms. The van der Waals surface area contributed by atoms with Crippen LogP contribution in [0.3, 0.4) is 0 Å². The Morgan fingerprint density at radius 2 is 1.47 bits per heavy atom. The second-order valence-electron chi connectivity index (χ2n) is 5.09. The zero-order valence-corrected chi connectivity index (χ0v) is 11.3. The minimum Gasteiger partial charge on any atom is -0.142 e. The topological polar surface area (TPSA) is 0 Å². The first-order chi connectivity index (χ1) is 7.07. The van der Waals surface area contributed by atoms with E-state index in [0.717, 1.165) is 0 Å². The van der Waals surface area contributed by atoms with Crippen molar-refractivity contribution in [2.24, 2.45) is 5.41 Å². The number of thioether (sulfide) groups is 2. The monoisotopic (exact) mass is 238 g/mol. The van der Waals surface area contributed by atoms with Crippen LogP contribution in [0, 0.1) is 5.41 Å². The second kappa shape index (κ2) is 4.42. The number of hydrogen-bond donors (Lipinski definition) is 0. The smallest absolute Gasteiger partial charge is 0.0557 e. The predicted molar refractivity (Wildman–Crippen MR) is 72.3 cm³/mol. The fourth-order valence-electron chi connectivity index (χ4n) is 1.72. The van der Waals surface area contributed by atoms with Gasteiger partial charge in [0, 0.05) is 11.5 Å². The lowest BCUT2D eigenvalue weighted by molar-refractivity contribution is 0.459. The molecule has 1 aliphatic rings. The van der Waals surface area contributed by atoms with Crippen LogP contribution in [0.25, 0.3) is 0 Å². The van der Waals surface area contributed by atoms with Crippen LogP contribution in [0.2, 0.25) is 0 Å². The average molecular weight is 238 g/mol. The van der Waals surface area contributed by atoms with Gasteiger partial charge in [0.2, 0.25) is 0 Å². The standard InChI is InChI=1S/C13H18S2/c1-13(2,3)12-14-8-10-6-4-5-7-11(10)9-15-12/h4-7,12H,8-9H2,1-3H3. The molecule has 0 bridgehead atoms. The molecule has 0 aromatic heterocycles. The van der Waals surface area contributed by atoms with Crippen molar-refractivity contribution < 1.29 is 0 Å². The lowest BCUT2D eigenvalue weighted by Gasteiger charge is -2.28. The maximum absolute atomic E-state index is 2.34. The molecule has 0 atom stereocenters. The minimum absolute atomic E-state index is 0.400. The largest absolute Gasteiger partial charge is 0.142 e. The molecule has 0 fully saturated rings. The van der Waals surface area contributed by atoms with Crippen LogP contribution in [-0.4, -0.2) is 4.58 Å². The summed E-state index contributed by atoms with van der Waals surface area (Å²) in [6, 6.07) is 8.85. The van der Waals surface area contributed by atoms with Gasteiger partial charge in [0.05, 0.1) is 4.58 Å². The third-order valence-corrected chi connectivity index (χ3v) is 6.40. The third-order valence-electron chi connectivity index (χ3n) is 2.61. The van der Waals surface area contributed by atoms with Crippen molar-refractivity contribution in [3.8, 4) is 0 Å². The van der Waals surface area contributed by atoms with E-state index in [1.807, 2.05) is 0 Å². The highest BCUT2D eigenvalue weighted by Crippen LogP contribution is 2.44. The number of fused-ring (bicyclic) bond motifs is 1. The van der Waals surface area contributed by atoms with Crippen LogP contribution in [-0.2, 0) is 11.5 Å². The highest BCUT2D eigenvalue weighted by molar-refractivity contribution is 8.16. The molecule has 1 aromatic rings. The van der Waals surface area contributed by atoms with Crippen LogP contribution >= 0.6 is 23.5 Å². The zero-order chi connectivity index (χ0) is 10.9. The van der Waals surface area contributed by atoms with Gasteiger partial charge >= 0.3 is 0 Å². The Hall–Kier alpha value is -0.0800. The van der Waals surface area contributed by atoms with Crippen molar-refractivity contribution in [1.29, 1.82) is 0 Å². The molecule has 15 heavy (non-hydrogen) atoms. The highest BCUT2D eigenvalue weighted by atomic mass is 32.2. The van der Waals surface area contributed by atoms with Crippen LogP contribution < -0.4 is 0 Å². The fraction of sp³-hybridized carbons (Fsp3) is 0.538. The Morgan fingerprint density at radius 3 is 1.87 bits per heavy atom. The van der Waals surface area contributed by atoms with E-state index in [0.29, 0.717) is 10.00 Å². The van der Waals surface area contributed by atoms with E-state index in [-0.39, 0.29) is 0 Å². The summed E-state index contributed by atoms with van der Waals surface area (Å²) in [4.78, 5) is 0. The van der Waals surface area contributed by atoms with E-state index in [4.69, 9.17) is 0 Å². The lowest BCUT2D eigenvalue weighted by atomic mass is 10.0. The summed E-state index contributed by atoms with van der Waals surface area (Å²) in [7, 11) is 0. The maximum Gasteiger partial charge on any atom is 0.0557 e. The van der Waals surface area contributed by atoms with Crippen molar-refractivity contribution in [2.75, 3.05) is 0 Å². The zero-order valence-electron chi connectivity index (χ0n) is 9.62. The van der Waals surface area contributed by atoms with Crippen LogP contribution in [0.15, 0.2) is 24.3 Å². The first-order valence-electron chi connectivity index (χ1n) is 5.37. The first kappa shape index (κ1) is 11.4. The maximum atomic E-state index is 2.34. The molecule has 1 heterocycles. The van der Waals surface area contributed by atoms with E-state index in [9.17, 15) is 0 Å². The Bertz CT molecular complexity index is 312. The van der Waals surface area contributed by atoms with Gasteiger partial charge in [-0.05, 0) is 16.5 Å². The molecule has 0 radical (unpaired) electrons. The predicted octanol–water partition coefficient (Wildman–Crippen LogP) is 4.54. The molecular weight excluding hydrogens is 220 g/mol. The fourth-order valence-corrected chi connectivity index (χ4v) is 4.74. The lowest BCUT2D eigenvalue weighted by Crippen LogP contribution is -2.19. The van der Waals surface area contributed by atoms with Gasteiger partial charge < -0.3 is 0 Å². The van der Waals surface area contributed by atoms with Gasteiger partial charge in [-0.2, -0.15) is 0 Å². The van der Waals surface area contributed by atoms with Crippen molar-refractivity contribution in [2.45, 2.75) is 36.9 Å². The molecule has 0 saturated carbocycles. The number of hydrogen-bond acceptors (Lipinski definition) is 2. The molecule has 82 valence electrons. The molecule has 0 amide bonds. The molecule has 1 aliphatic heterocycles. The summed E-state index contributed by atoms with van der Waals surface area (Å²) >= 11 is 4.19. The molecule has 1 aromatic carbocycles. The van der Waals surface area contributed by atoms with Gasteiger partial charge in [-0.15, -0.1) is 23.5 Å². The molecule has 0 nitrogen and oxygen atoms in total. The molecule has 0 unspecified atom stereocenters. The molecular formula is C13H18S2. The van der Waals surface area contributed by atoms with Gasteiger partial charge in [-0.25, -0.2) is 0 Å². The summed E-state index contributed by atoms with van der Waals surface area (Å²) in [5.41, 5.74) is 3.46. The van der Waals surface area contributed by atoms with Gasteiger partial charge in [-0.3, -0.25) is 0 Å². The highest BCUT2D eigenvalue weighted by Gasteiger charge is 2.27. The van der Waals surface area contributed by atoms with Crippen LogP contribution in [0.4, 0.5) is 0 Å². The molecule has 0 aliphatic carbocycles. The summed E-state index contributed by atoms with van der Waals surface area (Å²) in [5.74, 6) is 2.34. The molecule has 0 spiro atoms. The third kappa shape index (κ3) is 2.73. The molecule has 0 saturated heterocycles. The molecule has 2 rings (SSSR count). The summed E-state index contributed by atoms with van der Waals surface area (Å²) in [6.07, 6.45) is 0. The summed E-state index contributed by atoms with van der Waals surface area (Å²) in [6.45, 7) is 7.02.